The topological polar surface area (TPSA) is 72.0 Å². The van der Waals surface area contributed by atoms with E-state index < -0.39 is 0 Å². The molecule has 8 heteroatoms. The number of benzene rings is 1. The van der Waals surface area contributed by atoms with Crippen LogP contribution in [0.15, 0.2) is 12.1 Å². The van der Waals surface area contributed by atoms with Gasteiger partial charge in [0.1, 0.15) is 0 Å². The number of halogens is 2. The van der Waals surface area contributed by atoms with Crippen LogP contribution in [-0.2, 0) is 6.54 Å². The molecular formula is C15H28Cl2N2O4. The first-order valence-electron chi connectivity index (χ1n) is 7.00. The summed E-state index contributed by atoms with van der Waals surface area (Å²) in [6, 6.07) is 3.86. The Bertz CT molecular complexity index is 409. The monoisotopic (exact) mass is 370 g/mol. The number of hydrogen-bond acceptors (Lipinski definition) is 6. The molecule has 0 saturated heterocycles. The molecule has 0 bridgehead atoms. The van der Waals surface area contributed by atoms with Gasteiger partial charge in [0, 0.05) is 26.2 Å². The quantitative estimate of drug-likeness (QED) is 0.543. The fourth-order valence-corrected chi connectivity index (χ4v) is 1.96. The van der Waals surface area contributed by atoms with Crippen molar-refractivity contribution in [3.63, 3.8) is 0 Å². The normalized spacial score (nSPS) is 11.0. The Morgan fingerprint density at radius 1 is 0.957 bits per heavy atom. The van der Waals surface area contributed by atoms with E-state index in [0.717, 1.165) is 18.7 Å². The van der Waals surface area contributed by atoms with E-state index in [1.54, 1.807) is 28.3 Å². The van der Waals surface area contributed by atoms with Gasteiger partial charge in [-0.15, -0.1) is 24.8 Å². The Balaban J connectivity index is 0. The Labute approximate surface area is 150 Å². The average Bonchev–Trinajstić information content (AvgIpc) is 2.49. The van der Waals surface area contributed by atoms with Crippen molar-refractivity contribution in [1.29, 1.82) is 0 Å². The van der Waals surface area contributed by atoms with Gasteiger partial charge in [0.2, 0.25) is 5.75 Å². The number of rotatable bonds is 10. The summed E-state index contributed by atoms with van der Waals surface area (Å²) < 4.78 is 15.9. The molecule has 1 unspecified atom stereocenters. The minimum Gasteiger partial charge on any atom is -0.493 e. The third kappa shape index (κ3) is 8.48. The van der Waals surface area contributed by atoms with E-state index in [9.17, 15) is 0 Å². The molecule has 0 aliphatic heterocycles. The minimum absolute atomic E-state index is 0. The van der Waals surface area contributed by atoms with E-state index in [0.29, 0.717) is 30.3 Å². The Hall–Kier alpha value is -0.920. The van der Waals surface area contributed by atoms with Gasteiger partial charge in [0.05, 0.1) is 27.4 Å². The zero-order valence-electron chi connectivity index (χ0n) is 14.0. The predicted molar refractivity (Wildman–Crippen MR) is 96.9 cm³/mol. The third-order valence-corrected chi connectivity index (χ3v) is 2.97. The minimum atomic E-state index is -0.319. The molecule has 1 aromatic rings. The Morgan fingerprint density at radius 3 is 1.91 bits per heavy atom. The van der Waals surface area contributed by atoms with E-state index in [1.807, 2.05) is 12.1 Å². The van der Waals surface area contributed by atoms with Crippen LogP contribution in [0.3, 0.4) is 0 Å². The molecule has 0 amide bonds. The lowest BCUT2D eigenvalue weighted by Gasteiger charge is -2.14. The first kappa shape index (κ1) is 24.3. The Kier molecular flexibility index (Phi) is 14.3. The van der Waals surface area contributed by atoms with E-state index in [2.05, 4.69) is 10.6 Å². The van der Waals surface area contributed by atoms with Gasteiger partial charge >= 0.3 is 0 Å². The van der Waals surface area contributed by atoms with Crippen LogP contribution in [0.5, 0.6) is 17.2 Å². The van der Waals surface area contributed by atoms with Crippen molar-refractivity contribution in [1.82, 2.24) is 10.6 Å². The largest absolute Gasteiger partial charge is 0.493 e. The van der Waals surface area contributed by atoms with Crippen LogP contribution in [0, 0.1) is 0 Å². The van der Waals surface area contributed by atoms with E-state index in [-0.39, 0.29) is 30.9 Å². The van der Waals surface area contributed by atoms with Crippen LogP contribution in [0.25, 0.3) is 0 Å². The summed E-state index contributed by atoms with van der Waals surface area (Å²) in [7, 11) is 4.80. The molecule has 23 heavy (non-hydrogen) atoms. The fraction of sp³-hybridized carbons (Fsp3) is 0.600. The van der Waals surface area contributed by atoms with Crippen molar-refractivity contribution in [2.24, 2.45) is 0 Å². The summed E-state index contributed by atoms with van der Waals surface area (Å²) in [6.45, 7) is 4.67. The predicted octanol–water partition coefficient (Wildman–Crippen LogP) is 1.62. The average molecular weight is 371 g/mol. The zero-order valence-corrected chi connectivity index (χ0v) is 15.7. The second kappa shape index (κ2) is 13.5. The van der Waals surface area contributed by atoms with Gasteiger partial charge in [-0.1, -0.05) is 0 Å². The van der Waals surface area contributed by atoms with Crippen molar-refractivity contribution < 1.29 is 19.3 Å². The highest BCUT2D eigenvalue weighted by Crippen LogP contribution is 2.38. The van der Waals surface area contributed by atoms with Crippen LogP contribution in [0.4, 0.5) is 0 Å². The van der Waals surface area contributed by atoms with Gasteiger partial charge in [-0.3, -0.25) is 0 Å². The molecule has 0 fully saturated rings. The molecule has 1 atom stereocenters. The van der Waals surface area contributed by atoms with Gasteiger partial charge in [-0.2, -0.15) is 0 Å². The second-order valence-corrected chi connectivity index (χ2v) is 4.76. The van der Waals surface area contributed by atoms with Gasteiger partial charge < -0.3 is 30.0 Å². The first-order chi connectivity index (χ1) is 10.1. The Morgan fingerprint density at radius 2 is 1.48 bits per heavy atom. The summed E-state index contributed by atoms with van der Waals surface area (Å²) in [4.78, 5) is 0. The van der Waals surface area contributed by atoms with Gasteiger partial charge in [0.25, 0.3) is 0 Å². The molecule has 0 radical (unpaired) electrons. The number of methoxy groups -OCH3 is 3. The number of nitrogens with one attached hydrogen (secondary N) is 2. The number of hydrogen-bond donors (Lipinski definition) is 3. The van der Waals surface area contributed by atoms with Gasteiger partial charge in [-0.25, -0.2) is 0 Å². The number of ether oxygens (including phenoxy) is 3. The van der Waals surface area contributed by atoms with E-state index in [4.69, 9.17) is 19.3 Å². The van der Waals surface area contributed by atoms with Crippen molar-refractivity contribution in [2.75, 3.05) is 41.0 Å². The molecule has 136 valence electrons. The molecule has 0 aromatic heterocycles. The molecule has 0 aliphatic rings. The van der Waals surface area contributed by atoms with Crippen LogP contribution < -0.4 is 24.8 Å². The zero-order chi connectivity index (χ0) is 15.7. The molecular weight excluding hydrogens is 343 g/mol. The van der Waals surface area contributed by atoms with Crippen molar-refractivity contribution in [2.45, 2.75) is 19.6 Å². The molecule has 1 rings (SSSR count). The highest BCUT2D eigenvalue weighted by Gasteiger charge is 2.12. The van der Waals surface area contributed by atoms with Crippen LogP contribution in [-0.4, -0.2) is 52.2 Å². The van der Waals surface area contributed by atoms with E-state index in [1.165, 1.54) is 0 Å². The van der Waals surface area contributed by atoms with Crippen molar-refractivity contribution >= 4 is 24.8 Å². The first-order valence-corrected chi connectivity index (χ1v) is 7.00. The summed E-state index contributed by atoms with van der Waals surface area (Å²) >= 11 is 0. The van der Waals surface area contributed by atoms with Gasteiger partial charge in [-0.05, 0) is 24.6 Å². The van der Waals surface area contributed by atoms with Crippen molar-refractivity contribution in [3.8, 4) is 17.2 Å². The lowest BCUT2D eigenvalue weighted by molar-refractivity contribution is 0.191. The van der Waals surface area contributed by atoms with Crippen LogP contribution in [0.2, 0.25) is 0 Å². The number of aliphatic hydroxyl groups is 1. The third-order valence-electron chi connectivity index (χ3n) is 2.97. The molecule has 0 spiro atoms. The standard InChI is InChI=1S/C15H26N2O4.2ClH/c1-11(18)9-16-5-6-17-10-12-7-13(19-2)15(21-4)14(8-12)20-3;;/h7-8,11,16-18H,5-6,9-10H2,1-4H3;2*1H. The van der Waals surface area contributed by atoms with Gasteiger partial charge in [0.15, 0.2) is 11.5 Å². The number of aliphatic hydroxyl groups excluding tert-OH is 1. The van der Waals surface area contributed by atoms with Crippen LogP contribution in [0.1, 0.15) is 12.5 Å². The van der Waals surface area contributed by atoms with Crippen LogP contribution >= 0.6 is 24.8 Å². The van der Waals surface area contributed by atoms with Crippen molar-refractivity contribution in [3.05, 3.63) is 17.7 Å². The maximum atomic E-state index is 9.13. The highest BCUT2D eigenvalue weighted by atomic mass is 35.5. The lowest BCUT2D eigenvalue weighted by atomic mass is 10.2. The molecule has 6 nitrogen and oxygen atoms in total. The summed E-state index contributed by atoms with van der Waals surface area (Å²) in [5, 5.41) is 15.6. The smallest absolute Gasteiger partial charge is 0.203 e. The maximum absolute atomic E-state index is 9.13. The molecule has 0 heterocycles. The maximum Gasteiger partial charge on any atom is 0.203 e. The summed E-state index contributed by atoms with van der Waals surface area (Å²) in [5.41, 5.74) is 1.06. The molecule has 0 saturated carbocycles. The highest BCUT2D eigenvalue weighted by molar-refractivity contribution is 5.85. The SMILES string of the molecule is COc1cc(CNCCNCC(C)O)cc(OC)c1OC.Cl.Cl. The molecule has 1 aromatic carbocycles. The second-order valence-electron chi connectivity index (χ2n) is 4.76. The molecule has 3 N–H and O–H groups in total. The summed E-state index contributed by atoms with van der Waals surface area (Å²) in [6.07, 6.45) is -0.319. The van der Waals surface area contributed by atoms with E-state index >= 15 is 0 Å². The lowest BCUT2D eigenvalue weighted by Crippen LogP contribution is -2.31. The summed E-state index contributed by atoms with van der Waals surface area (Å²) in [5.74, 6) is 1.91. The molecule has 0 aliphatic carbocycles. The fourth-order valence-electron chi connectivity index (χ4n) is 1.96.